The maximum Gasteiger partial charge on any atom is 0.322 e. The molecule has 0 atom stereocenters. The number of nitrogens with one attached hydrogen (secondary N) is 1. The van der Waals surface area contributed by atoms with E-state index in [1.165, 1.54) is 13.2 Å². The molecule has 1 aromatic carbocycles. The van der Waals surface area contributed by atoms with E-state index in [9.17, 15) is 9.59 Å². The molecule has 0 unspecified atom stereocenters. The van der Waals surface area contributed by atoms with E-state index in [1.807, 2.05) is 12.1 Å². The molecule has 0 aliphatic heterocycles. The fourth-order valence-electron chi connectivity index (χ4n) is 1.19. The first-order valence-corrected chi connectivity index (χ1v) is 4.94. The number of carboxylic acid groups (broad SMARTS) is 1. The Kier molecular flexibility index (Phi) is 4.75. The van der Waals surface area contributed by atoms with E-state index < -0.39 is 18.4 Å². The van der Waals surface area contributed by atoms with Gasteiger partial charge < -0.3 is 15.2 Å². The van der Waals surface area contributed by atoms with Crippen LogP contribution in [0.25, 0.3) is 6.08 Å². The largest absolute Gasteiger partial charge is 0.496 e. The summed E-state index contributed by atoms with van der Waals surface area (Å²) < 4.78 is 5.10. The standard InChI is InChI=1S/C12H13NO4/c1-17-10-5-3-2-4-9(10)6-7-11(14)13-8-12(15)16/h2-7H,8H2,1H3,(H,13,14)(H,15,16)/b7-6+. The lowest BCUT2D eigenvalue weighted by Crippen LogP contribution is -2.27. The molecule has 0 aliphatic rings. The van der Waals surface area contributed by atoms with Gasteiger partial charge in [-0.2, -0.15) is 0 Å². The molecular weight excluding hydrogens is 222 g/mol. The number of ether oxygens (including phenoxy) is 1. The van der Waals surface area contributed by atoms with Crippen LogP contribution < -0.4 is 10.1 Å². The molecule has 0 fully saturated rings. The molecule has 1 aromatic rings. The van der Waals surface area contributed by atoms with Crippen LogP contribution in [0.15, 0.2) is 30.3 Å². The minimum absolute atomic E-state index is 0.394. The van der Waals surface area contributed by atoms with Gasteiger partial charge in [0.1, 0.15) is 12.3 Å². The summed E-state index contributed by atoms with van der Waals surface area (Å²) in [6, 6.07) is 7.20. The number of para-hydroxylation sites is 1. The van der Waals surface area contributed by atoms with Gasteiger partial charge in [0.15, 0.2) is 0 Å². The van der Waals surface area contributed by atoms with Gasteiger partial charge >= 0.3 is 5.97 Å². The molecule has 5 nitrogen and oxygen atoms in total. The zero-order chi connectivity index (χ0) is 12.7. The van der Waals surface area contributed by atoms with Crippen LogP contribution in [0.5, 0.6) is 5.75 Å². The number of aliphatic carboxylic acids is 1. The van der Waals surface area contributed by atoms with Gasteiger partial charge in [-0.25, -0.2) is 0 Å². The Morgan fingerprint density at radius 1 is 1.41 bits per heavy atom. The number of benzene rings is 1. The lowest BCUT2D eigenvalue weighted by Gasteiger charge is -2.03. The number of methoxy groups -OCH3 is 1. The van der Waals surface area contributed by atoms with Crippen molar-refractivity contribution in [3.05, 3.63) is 35.9 Å². The van der Waals surface area contributed by atoms with Crippen molar-refractivity contribution in [1.82, 2.24) is 5.32 Å². The van der Waals surface area contributed by atoms with Crippen molar-refractivity contribution >= 4 is 18.0 Å². The van der Waals surface area contributed by atoms with Crippen molar-refractivity contribution in [2.24, 2.45) is 0 Å². The highest BCUT2D eigenvalue weighted by molar-refractivity contribution is 5.93. The highest BCUT2D eigenvalue weighted by Gasteiger charge is 2.01. The van der Waals surface area contributed by atoms with E-state index in [2.05, 4.69) is 5.32 Å². The Hall–Kier alpha value is -2.30. The van der Waals surface area contributed by atoms with Crippen molar-refractivity contribution < 1.29 is 19.4 Å². The van der Waals surface area contributed by atoms with E-state index in [1.54, 1.807) is 18.2 Å². The van der Waals surface area contributed by atoms with Crippen molar-refractivity contribution in [3.63, 3.8) is 0 Å². The first-order valence-electron chi connectivity index (χ1n) is 4.94. The second-order valence-corrected chi connectivity index (χ2v) is 3.19. The summed E-state index contributed by atoms with van der Waals surface area (Å²) in [4.78, 5) is 21.4. The van der Waals surface area contributed by atoms with E-state index in [-0.39, 0.29) is 0 Å². The molecule has 1 rings (SSSR count). The van der Waals surface area contributed by atoms with Gasteiger partial charge in [-0.1, -0.05) is 18.2 Å². The van der Waals surface area contributed by atoms with Gasteiger partial charge in [0.25, 0.3) is 0 Å². The lowest BCUT2D eigenvalue weighted by atomic mass is 10.2. The molecule has 1 amide bonds. The highest BCUT2D eigenvalue weighted by atomic mass is 16.5. The van der Waals surface area contributed by atoms with Gasteiger partial charge in [-0.15, -0.1) is 0 Å². The first kappa shape index (κ1) is 12.8. The second kappa shape index (κ2) is 6.32. The monoisotopic (exact) mass is 235 g/mol. The number of hydrogen-bond acceptors (Lipinski definition) is 3. The molecule has 17 heavy (non-hydrogen) atoms. The van der Waals surface area contributed by atoms with E-state index in [4.69, 9.17) is 9.84 Å². The van der Waals surface area contributed by atoms with Gasteiger partial charge in [-0.3, -0.25) is 9.59 Å². The van der Waals surface area contributed by atoms with Crippen molar-refractivity contribution in [2.75, 3.05) is 13.7 Å². The van der Waals surface area contributed by atoms with Crippen LogP contribution in [-0.4, -0.2) is 30.6 Å². The SMILES string of the molecule is COc1ccccc1/C=C/C(=O)NCC(=O)O. The van der Waals surface area contributed by atoms with Crippen LogP contribution in [0.1, 0.15) is 5.56 Å². The molecule has 0 bridgehead atoms. The Morgan fingerprint density at radius 2 is 2.12 bits per heavy atom. The number of rotatable bonds is 5. The molecular formula is C12H13NO4. The maximum absolute atomic E-state index is 11.2. The minimum atomic E-state index is -1.08. The molecule has 0 spiro atoms. The summed E-state index contributed by atoms with van der Waals surface area (Å²) in [7, 11) is 1.54. The Labute approximate surface area is 98.7 Å². The van der Waals surface area contributed by atoms with Crippen molar-refractivity contribution in [1.29, 1.82) is 0 Å². The lowest BCUT2D eigenvalue weighted by molar-refractivity contribution is -0.137. The number of amides is 1. The van der Waals surface area contributed by atoms with Crippen LogP contribution in [0.2, 0.25) is 0 Å². The molecule has 0 saturated carbocycles. The molecule has 5 heteroatoms. The van der Waals surface area contributed by atoms with Crippen LogP contribution in [0.4, 0.5) is 0 Å². The number of carbonyl (C=O) groups excluding carboxylic acids is 1. The Bertz CT molecular complexity index is 440. The van der Waals surface area contributed by atoms with E-state index >= 15 is 0 Å². The Balaban J connectivity index is 2.63. The van der Waals surface area contributed by atoms with Crippen molar-refractivity contribution in [2.45, 2.75) is 0 Å². The third-order valence-corrected chi connectivity index (χ3v) is 1.97. The van der Waals surface area contributed by atoms with Crippen LogP contribution in [0.3, 0.4) is 0 Å². The predicted octanol–water partition coefficient (Wildman–Crippen LogP) is 0.909. The Morgan fingerprint density at radius 3 is 2.76 bits per heavy atom. The van der Waals surface area contributed by atoms with E-state index in [0.717, 1.165) is 5.56 Å². The zero-order valence-corrected chi connectivity index (χ0v) is 9.34. The average molecular weight is 235 g/mol. The molecule has 90 valence electrons. The molecule has 0 aliphatic carbocycles. The number of hydrogen-bond donors (Lipinski definition) is 2. The second-order valence-electron chi connectivity index (χ2n) is 3.19. The maximum atomic E-state index is 11.2. The summed E-state index contributed by atoms with van der Waals surface area (Å²) in [6.07, 6.45) is 2.83. The van der Waals surface area contributed by atoms with Gasteiger partial charge in [-0.05, 0) is 12.1 Å². The first-order chi connectivity index (χ1) is 8.13. The summed E-state index contributed by atoms with van der Waals surface area (Å²) in [5.41, 5.74) is 0.750. The predicted molar refractivity (Wildman–Crippen MR) is 62.7 cm³/mol. The van der Waals surface area contributed by atoms with Crippen LogP contribution >= 0.6 is 0 Å². The van der Waals surface area contributed by atoms with Gasteiger partial charge in [0, 0.05) is 11.6 Å². The normalized spacial score (nSPS) is 10.2. The highest BCUT2D eigenvalue weighted by Crippen LogP contribution is 2.18. The fraction of sp³-hybridized carbons (Fsp3) is 0.167. The topological polar surface area (TPSA) is 75.6 Å². The zero-order valence-electron chi connectivity index (χ0n) is 9.34. The van der Waals surface area contributed by atoms with Crippen LogP contribution in [0, 0.1) is 0 Å². The minimum Gasteiger partial charge on any atom is -0.496 e. The molecule has 0 radical (unpaired) electrons. The summed E-state index contributed by atoms with van der Waals surface area (Å²) in [5, 5.41) is 10.6. The van der Waals surface area contributed by atoms with Gasteiger partial charge in [0.2, 0.25) is 5.91 Å². The third-order valence-electron chi connectivity index (χ3n) is 1.97. The van der Waals surface area contributed by atoms with E-state index in [0.29, 0.717) is 5.75 Å². The van der Waals surface area contributed by atoms with Crippen LogP contribution in [-0.2, 0) is 9.59 Å². The number of carboxylic acids is 1. The molecule has 0 heterocycles. The van der Waals surface area contributed by atoms with Gasteiger partial charge in [0.05, 0.1) is 7.11 Å². The summed E-state index contributed by atoms with van der Waals surface area (Å²) >= 11 is 0. The molecule has 0 aromatic heterocycles. The summed E-state index contributed by atoms with van der Waals surface area (Å²) in [5.74, 6) is -0.892. The molecule has 2 N–H and O–H groups in total. The average Bonchev–Trinajstić information content (AvgIpc) is 2.34. The third kappa shape index (κ3) is 4.38. The molecule has 0 saturated heterocycles. The summed E-state index contributed by atoms with van der Waals surface area (Å²) in [6.45, 7) is -0.394. The number of carbonyl (C=O) groups is 2. The van der Waals surface area contributed by atoms with Crippen molar-refractivity contribution in [3.8, 4) is 5.75 Å². The smallest absolute Gasteiger partial charge is 0.322 e. The quantitative estimate of drug-likeness (QED) is 0.744. The fourth-order valence-corrected chi connectivity index (χ4v) is 1.19.